The van der Waals surface area contributed by atoms with Crippen LogP contribution >= 0.6 is 0 Å². The van der Waals surface area contributed by atoms with Gasteiger partial charge in [0.2, 0.25) is 0 Å². The van der Waals surface area contributed by atoms with Crippen molar-refractivity contribution in [2.45, 2.75) is 32.2 Å². The molecule has 0 saturated carbocycles. The number of carbonyl (C=O) groups excluding carboxylic acids is 2. The molecule has 0 spiro atoms. The number of benzene rings is 1. The Morgan fingerprint density at radius 1 is 1.21 bits per heavy atom. The van der Waals surface area contributed by atoms with E-state index in [0.29, 0.717) is 23.6 Å². The van der Waals surface area contributed by atoms with Gasteiger partial charge in [-0.1, -0.05) is 18.2 Å². The van der Waals surface area contributed by atoms with E-state index in [-0.39, 0.29) is 11.6 Å². The van der Waals surface area contributed by atoms with Crippen LogP contribution in [0.2, 0.25) is 0 Å². The molecule has 1 aromatic heterocycles. The number of likely N-dealkylation sites (tertiary alicyclic amines) is 1. The van der Waals surface area contributed by atoms with Crippen LogP contribution in [0.5, 0.6) is 0 Å². The molecule has 0 bridgehead atoms. The molecule has 24 heavy (non-hydrogen) atoms. The average molecular weight is 324 g/mol. The molecular weight excluding hydrogens is 304 g/mol. The largest absolute Gasteiger partial charge is 0.364 e. The van der Waals surface area contributed by atoms with E-state index in [1.54, 1.807) is 30.0 Å². The van der Waals surface area contributed by atoms with Gasteiger partial charge in [0.25, 0.3) is 11.8 Å². The van der Waals surface area contributed by atoms with Gasteiger partial charge in [0, 0.05) is 17.8 Å². The zero-order valence-corrected chi connectivity index (χ0v) is 13.8. The van der Waals surface area contributed by atoms with Gasteiger partial charge in [0.15, 0.2) is 5.82 Å². The minimum atomic E-state index is -0.650. The third kappa shape index (κ3) is 2.75. The number of hydrogen-bond donors (Lipinski definition) is 1. The van der Waals surface area contributed by atoms with Gasteiger partial charge in [0.1, 0.15) is 11.2 Å². The Morgan fingerprint density at radius 2 is 1.92 bits per heavy atom. The van der Waals surface area contributed by atoms with E-state index in [1.807, 2.05) is 25.1 Å². The number of aryl methyl sites for hydroxylation is 1. The van der Waals surface area contributed by atoms with Crippen molar-refractivity contribution in [2.24, 2.45) is 5.73 Å². The first kappa shape index (κ1) is 16.1. The number of aromatic nitrogens is 2. The van der Waals surface area contributed by atoms with Crippen molar-refractivity contribution in [3.63, 3.8) is 0 Å². The first-order valence-corrected chi connectivity index (χ1v) is 7.95. The topological polar surface area (TPSA) is 89.2 Å². The number of nitrogens with zero attached hydrogens (tertiary/aromatic N) is 3. The van der Waals surface area contributed by atoms with Crippen LogP contribution in [-0.4, -0.2) is 33.2 Å². The third-order valence-corrected chi connectivity index (χ3v) is 4.50. The van der Waals surface area contributed by atoms with Crippen LogP contribution in [0.3, 0.4) is 0 Å². The monoisotopic (exact) mass is 324 g/mol. The fraction of sp³-hybridized carbons (Fsp3) is 0.333. The van der Waals surface area contributed by atoms with Crippen LogP contribution in [0, 0.1) is 6.92 Å². The second-order valence-electron chi connectivity index (χ2n) is 6.28. The number of hydrogen-bond acceptors (Lipinski definition) is 4. The maximum Gasteiger partial charge on any atom is 0.267 e. The van der Waals surface area contributed by atoms with E-state index in [9.17, 15) is 9.59 Å². The number of amides is 2. The standard InChI is InChI=1S/C18H20N4O2/c1-12-11-14(15(19)23)21-17(20-12)18(2)9-6-10-22(18)16(24)13-7-4-3-5-8-13/h3-5,7-8,11H,6,9-10H2,1-2H3,(H2,19,23). The van der Waals surface area contributed by atoms with Gasteiger partial charge >= 0.3 is 0 Å². The summed E-state index contributed by atoms with van der Waals surface area (Å²) in [6.07, 6.45) is 1.60. The number of carbonyl (C=O) groups is 2. The van der Waals surface area contributed by atoms with Crippen molar-refractivity contribution < 1.29 is 9.59 Å². The summed E-state index contributed by atoms with van der Waals surface area (Å²) in [5.74, 6) is -0.177. The summed E-state index contributed by atoms with van der Waals surface area (Å²) in [5, 5.41) is 0. The van der Waals surface area contributed by atoms with Gasteiger partial charge in [-0.2, -0.15) is 0 Å². The molecule has 6 nitrogen and oxygen atoms in total. The molecule has 1 unspecified atom stereocenters. The van der Waals surface area contributed by atoms with Crippen molar-refractivity contribution in [1.29, 1.82) is 0 Å². The van der Waals surface area contributed by atoms with E-state index in [1.165, 1.54) is 0 Å². The van der Waals surface area contributed by atoms with Crippen LogP contribution in [0.1, 0.15) is 52.1 Å². The Morgan fingerprint density at radius 3 is 2.58 bits per heavy atom. The summed E-state index contributed by atoms with van der Waals surface area (Å²) in [4.78, 5) is 35.0. The zero-order valence-electron chi connectivity index (χ0n) is 13.8. The zero-order chi connectivity index (χ0) is 17.3. The summed E-state index contributed by atoms with van der Waals surface area (Å²) >= 11 is 0. The minimum Gasteiger partial charge on any atom is -0.364 e. The Bertz CT molecular complexity index is 791. The molecule has 1 aliphatic rings. The number of primary amides is 1. The number of nitrogens with two attached hydrogens (primary N) is 1. The van der Waals surface area contributed by atoms with E-state index in [2.05, 4.69) is 9.97 Å². The molecule has 0 radical (unpaired) electrons. The Balaban J connectivity index is 2.02. The molecular formula is C18H20N4O2. The fourth-order valence-corrected chi connectivity index (χ4v) is 3.19. The highest BCUT2D eigenvalue weighted by Crippen LogP contribution is 2.37. The van der Waals surface area contributed by atoms with Gasteiger partial charge < -0.3 is 10.6 Å². The fourth-order valence-electron chi connectivity index (χ4n) is 3.19. The highest BCUT2D eigenvalue weighted by Gasteiger charge is 2.44. The number of rotatable bonds is 3. The van der Waals surface area contributed by atoms with E-state index >= 15 is 0 Å². The van der Waals surface area contributed by atoms with Crippen LogP contribution in [0.4, 0.5) is 0 Å². The summed E-state index contributed by atoms with van der Waals surface area (Å²) in [5.41, 5.74) is 6.19. The highest BCUT2D eigenvalue weighted by atomic mass is 16.2. The van der Waals surface area contributed by atoms with Gasteiger partial charge in [-0.05, 0) is 44.9 Å². The maximum absolute atomic E-state index is 12.9. The lowest BCUT2D eigenvalue weighted by Crippen LogP contribution is -2.44. The quantitative estimate of drug-likeness (QED) is 0.935. The van der Waals surface area contributed by atoms with Crippen molar-refractivity contribution in [2.75, 3.05) is 6.54 Å². The van der Waals surface area contributed by atoms with Gasteiger partial charge in [0.05, 0.1) is 0 Å². The van der Waals surface area contributed by atoms with Crippen molar-refractivity contribution in [3.8, 4) is 0 Å². The minimum absolute atomic E-state index is 0.0543. The normalized spacial score (nSPS) is 20.2. The lowest BCUT2D eigenvalue weighted by molar-refractivity contribution is 0.0603. The van der Waals surface area contributed by atoms with Gasteiger partial charge in [-0.15, -0.1) is 0 Å². The molecule has 1 aromatic carbocycles. The van der Waals surface area contributed by atoms with Crippen LogP contribution in [0.25, 0.3) is 0 Å². The molecule has 0 aliphatic carbocycles. The predicted octanol–water partition coefficient (Wildman–Crippen LogP) is 2.04. The summed E-state index contributed by atoms with van der Waals surface area (Å²) in [6, 6.07) is 10.7. The summed E-state index contributed by atoms with van der Waals surface area (Å²) < 4.78 is 0. The van der Waals surface area contributed by atoms with E-state index in [0.717, 1.165) is 12.8 Å². The molecule has 3 rings (SSSR count). The Hall–Kier alpha value is -2.76. The molecule has 2 amide bonds. The summed E-state index contributed by atoms with van der Waals surface area (Å²) in [7, 11) is 0. The SMILES string of the molecule is Cc1cc(C(N)=O)nc(C2(C)CCCN2C(=O)c2ccccc2)n1. The molecule has 2 heterocycles. The summed E-state index contributed by atoms with van der Waals surface area (Å²) in [6.45, 7) is 4.37. The second kappa shape index (κ2) is 6.03. The molecule has 1 aliphatic heterocycles. The molecule has 1 atom stereocenters. The molecule has 2 N–H and O–H groups in total. The Labute approximate surface area is 140 Å². The van der Waals surface area contributed by atoms with Crippen LogP contribution < -0.4 is 5.73 Å². The van der Waals surface area contributed by atoms with E-state index in [4.69, 9.17) is 5.73 Å². The molecule has 6 heteroatoms. The highest BCUT2D eigenvalue weighted by molar-refractivity contribution is 5.95. The smallest absolute Gasteiger partial charge is 0.267 e. The molecule has 1 fully saturated rings. The predicted molar refractivity (Wildman–Crippen MR) is 89.4 cm³/mol. The van der Waals surface area contributed by atoms with Crippen LogP contribution in [-0.2, 0) is 5.54 Å². The molecule has 2 aromatic rings. The van der Waals surface area contributed by atoms with Crippen LogP contribution in [0.15, 0.2) is 36.4 Å². The first-order valence-electron chi connectivity index (χ1n) is 7.95. The first-order chi connectivity index (χ1) is 11.4. The molecule has 124 valence electrons. The van der Waals surface area contributed by atoms with Gasteiger partial charge in [-0.3, -0.25) is 9.59 Å². The second-order valence-corrected chi connectivity index (χ2v) is 6.28. The van der Waals surface area contributed by atoms with Crippen molar-refractivity contribution in [3.05, 3.63) is 59.2 Å². The lowest BCUT2D eigenvalue weighted by atomic mass is 9.96. The average Bonchev–Trinajstić information content (AvgIpc) is 2.97. The molecule has 1 saturated heterocycles. The Kier molecular flexibility index (Phi) is 4.05. The van der Waals surface area contributed by atoms with Gasteiger partial charge in [-0.25, -0.2) is 9.97 Å². The maximum atomic E-state index is 12.9. The lowest BCUT2D eigenvalue weighted by Gasteiger charge is -2.34. The van der Waals surface area contributed by atoms with Crippen molar-refractivity contribution >= 4 is 11.8 Å². The third-order valence-electron chi connectivity index (χ3n) is 4.50. The van der Waals surface area contributed by atoms with E-state index < -0.39 is 11.4 Å². The van der Waals surface area contributed by atoms with Crippen molar-refractivity contribution in [1.82, 2.24) is 14.9 Å².